The first-order valence-electron chi connectivity index (χ1n) is 5.47. The highest BCUT2D eigenvalue weighted by atomic mass is 79.9. The number of alkyl halides is 1. The highest BCUT2D eigenvalue weighted by Gasteiger charge is 2.33. The molecule has 100 valence electrons. The molecule has 1 fully saturated rings. The maximum absolute atomic E-state index is 12.5. The van der Waals surface area contributed by atoms with E-state index in [0.717, 1.165) is 4.47 Å². The Morgan fingerprint density at radius 2 is 2.28 bits per heavy atom. The zero-order valence-corrected chi connectivity index (χ0v) is 12.7. The van der Waals surface area contributed by atoms with Crippen LogP contribution >= 0.6 is 27.5 Å². The number of hydrogen-bond donors (Lipinski definition) is 0. The van der Waals surface area contributed by atoms with Crippen molar-refractivity contribution < 1.29 is 13.2 Å². The molecule has 7 heteroatoms. The molecule has 0 spiro atoms. The van der Waals surface area contributed by atoms with Crippen molar-refractivity contribution in [2.24, 2.45) is 0 Å². The van der Waals surface area contributed by atoms with Crippen LogP contribution in [0.5, 0.6) is 0 Å². The summed E-state index contributed by atoms with van der Waals surface area (Å²) in [6, 6.07) is 6.37. The van der Waals surface area contributed by atoms with E-state index in [-0.39, 0.29) is 16.8 Å². The molecule has 0 bridgehead atoms. The van der Waals surface area contributed by atoms with Crippen molar-refractivity contribution >= 4 is 37.6 Å². The minimum absolute atomic E-state index is 0.229. The summed E-state index contributed by atoms with van der Waals surface area (Å²) in [5.41, 5.74) is 0. The van der Waals surface area contributed by atoms with Crippen LogP contribution in [0, 0.1) is 0 Å². The van der Waals surface area contributed by atoms with Crippen molar-refractivity contribution in [2.45, 2.75) is 10.9 Å². The van der Waals surface area contributed by atoms with Gasteiger partial charge in [-0.1, -0.05) is 22.0 Å². The summed E-state index contributed by atoms with van der Waals surface area (Å²) >= 11 is 9.08. The summed E-state index contributed by atoms with van der Waals surface area (Å²) in [6.07, 6.45) is 0. The SMILES string of the molecule is O=S(=O)(c1cccc(Br)c1)N1CCOCC1CCl. The molecule has 2 rings (SSSR count). The van der Waals surface area contributed by atoms with Crippen molar-refractivity contribution in [3.8, 4) is 0 Å². The van der Waals surface area contributed by atoms with E-state index in [2.05, 4.69) is 15.9 Å². The lowest BCUT2D eigenvalue weighted by molar-refractivity contribution is 0.0404. The maximum Gasteiger partial charge on any atom is 0.243 e. The second-order valence-corrected chi connectivity index (χ2v) is 7.07. The standard InChI is InChI=1S/C11H13BrClNO3S/c12-9-2-1-3-11(6-9)18(15,16)14-4-5-17-8-10(14)7-13/h1-3,6,10H,4-5,7-8H2. The molecule has 1 aliphatic heterocycles. The summed E-state index contributed by atoms with van der Waals surface area (Å²) in [6.45, 7) is 1.09. The monoisotopic (exact) mass is 353 g/mol. The average molecular weight is 355 g/mol. The van der Waals surface area contributed by atoms with Crippen molar-refractivity contribution in [1.82, 2.24) is 4.31 Å². The number of halogens is 2. The fraction of sp³-hybridized carbons (Fsp3) is 0.455. The van der Waals surface area contributed by atoms with Crippen LogP contribution in [0.3, 0.4) is 0 Å². The summed E-state index contributed by atoms with van der Waals surface area (Å²) in [4.78, 5) is 0.272. The lowest BCUT2D eigenvalue weighted by atomic mass is 10.3. The molecule has 0 N–H and O–H groups in total. The molecular formula is C11H13BrClNO3S. The molecule has 18 heavy (non-hydrogen) atoms. The second-order valence-electron chi connectivity index (χ2n) is 3.96. The Kier molecular flexibility index (Phi) is 4.66. The van der Waals surface area contributed by atoms with Gasteiger partial charge in [0.2, 0.25) is 10.0 Å². The zero-order chi connectivity index (χ0) is 13.2. The van der Waals surface area contributed by atoms with E-state index >= 15 is 0 Å². The van der Waals surface area contributed by atoms with E-state index in [9.17, 15) is 8.42 Å². The number of rotatable bonds is 3. The fourth-order valence-corrected chi connectivity index (χ4v) is 4.37. The molecule has 0 aromatic heterocycles. The van der Waals surface area contributed by atoms with E-state index in [4.69, 9.17) is 16.3 Å². The summed E-state index contributed by atoms with van der Waals surface area (Å²) in [5.74, 6) is 0.229. The van der Waals surface area contributed by atoms with E-state index in [1.54, 1.807) is 24.3 Å². The van der Waals surface area contributed by atoms with Crippen LogP contribution in [0.2, 0.25) is 0 Å². The van der Waals surface area contributed by atoms with Crippen LogP contribution in [0.15, 0.2) is 33.6 Å². The predicted molar refractivity (Wildman–Crippen MR) is 73.4 cm³/mol. The van der Waals surface area contributed by atoms with E-state index < -0.39 is 10.0 Å². The van der Waals surface area contributed by atoms with Gasteiger partial charge in [0.25, 0.3) is 0 Å². The van der Waals surface area contributed by atoms with Gasteiger partial charge < -0.3 is 4.74 Å². The Bertz CT molecular complexity index is 523. The molecule has 0 amide bonds. The summed E-state index contributed by atoms with van der Waals surface area (Å²) in [5, 5.41) is 0. The quantitative estimate of drug-likeness (QED) is 0.781. The van der Waals surface area contributed by atoms with Crippen LogP contribution < -0.4 is 0 Å². The number of sulfonamides is 1. The van der Waals surface area contributed by atoms with Crippen molar-refractivity contribution in [2.75, 3.05) is 25.6 Å². The van der Waals surface area contributed by atoms with Crippen LogP contribution in [0.25, 0.3) is 0 Å². The van der Waals surface area contributed by atoms with E-state index in [1.807, 2.05) is 0 Å². The third-order valence-electron chi connectivity index (χ3n) is 2.75. The van der Waals surface area contributed by atoms with Gasteiger partial charge in [0, 0.05) is 16.9 Å². The highest BCUT2D eigenvalue weighted by molar-refractivity contribution is 9.10. The number of nitrogens with zero attached hydrogens (tertiary/aromatic N) is 1. The van der Waals surface area contributed by atoms with Gasteiger partial charge in [0.1, 0.15) is 0 Å². The Labute approximate surface area is 120 Å². The molecule has 1 atom stereocenters. The van der Waals surface area contributed by atoms with Crippen LogP contribution in [-0.2, 0) is 14.8 Å². The minimum Gasteiger partial charge on any atom is -0.378 e. The molecule has 1 saturated heterocycles. The third-order valence-corrected chi connectivity index (χ3v) is 5.55. The lowest BCUT2D eigenvalue weighted by Gasteiger charge is -2.33. The van der Waals surface area contributed by atoms with Crippen LogP contribution in [-0.4, -0.2) is 44.4 Å². The van der Waals surface area contributed by atoms with Gasteiger partial charge in [-0.3, -0.25) is 0 Å². The van der Waals surface area contributed by atoms with Gasteiger partial charge in [-0.2, -0.15) is 4.31 Å². The molecule has 0 radical (unpaired) electrons. The Balaban J connectivity index is 2.35. The minimum atomic E-state index is -3.51. The molecule has 1 aliphatic rings. The predicted octanol–water partition coefficient (Wildman–Crippen LogP) is 2.08. The van der Waals surface area contributed by atoms with Crippen LogP contribution in [0.4, 0.5) is 0 Å². The summed E-state index contributed by atoms with van der Waals surface area (Å²) in [7, 11) is -3.51. The largest absolute Gasteiger partial charge is 0.378 e. The fourth-order valence-electron chi connectivity index (χ4n) is 1.84. The number of ether oxygens (including phenoxy) is 1. The Hall–Kier alpha value is -0.140. The Morgan fingerprint density at radius 1 is 1.50 bits per heavy atom. The molecule has 0 aliphatic carbocycles. The first-order valence-corrected chi connectivity index (χ1v) is 8.23. The maximum atomic E-state index is 12.5. The molecule has 4 nitrogen and oxygen atoms in total. The average Bonchev–Trinajstić information content (AvgIpc) is 2.38. The molecular weight excluding hydrogens is 342 g/mol. The third kappa shape index (κ3) is 2.88. The van der Waals surface area contributed by atoms with E-state index in [0.29, 0.717) is 19.8 Å². The topological polar surface area (TPSA) is 46.6 Å². The first-order chi connectivity index (χ1) is 8.55. The van der Waals surface area contributed by atoms with Crippen LogP contribution in [0.1, 0.15) is 0 Å². The molecule has 1 aromatic carbocycles. The normalized spacial score (nSPS) is 22.0. The second kappa shape index (κ2) is 5.88. The van der Waals surface area contributed by atoms with Gasteiger partial charge in [0.05, 0.1) is 24.2 Å². The first kappa shape index (κ1) is 14.3. The zero-order valence-electron chi connectivity index (χ0n) is 9.55. The molecule has 1 aromatic rings. The van der Waals surface area contributed by atoms with E-state index in [1.165, 1.54) is 4.31 Å². The molecule has 1 unspecified atom stereocenters. The number of hydrogen-bond acceptors (Lipinski definition) is 3. The molecule has 1 heterocycles. The van der Waals surface area contributed by atoms with Gasteiger partial charge in [-0.25, -0.2) is 8.42 Å². The number of morpholine rings is 1. The van der Waals surface area contributed by atoms with Crippen molar-refractivity contribution in [3.05, 3.63) is 28.7 Å². The van der Waals surface area contributed by atoms with Gasteiger partial charge in [-0.15, -0.1) is 11.6 Å². The summed E-state index contributed by atoms with van der Waals surface area (Å²) < 4.78 is 32.4. The highest BCUT2D eigenvalue weighted by Crippen LogP contribution is 2.23. The van der Waals surface area contributed by atoms with Gasteiger partial charge in [0.15, 0.2) is 0 Å². The Morgan fingerprint density at radius 3 is 2.94 bits per heavy atom. The van der Waals surface area contributed by atoms with Crippen molar-refractivity contribution in [3.63, 3.8) is 0 Å². The smallest absolute Gasteiger partial charge is 0.243 e. The van der Waals surface area contributed by atoms with Crippen molar-refractivity contribution in [1.29, 1.82) is 0 Å². The number of benzene rings is 1. The van der Waals surface area contributed by atoms with Gasteiger partial charge in [-0.05, 0) is 18.2 Å². The van der Waals surface area contributed by atoms with Gasteiger partial charge >= 0.3 is 0 Å². The lowest BCUT2D eigenvalue weighted by Crippen LogP contribution is -2.49. The molecule has 0 saturated carbocycles.